The number of nitrogens with zero attached hydrogens (tertiary/aromatic N) is 1. The van der Waals surface area contributed by atoms with Crippen LogP contribution in [0.25, 0.3) is 11.3 Å². The van der Waals surface area contributed by atoms with Gasteiger partial charge in [0.15, 0.2) is 0 Å². The van der Waals surface area contributed by atoms with E-state index >= 15 is 0 Å². The topological polar surface area (TPSA) is 86.9 Å². The molecule has 0 saturated heterocycles. The van der Waals surface area contributed by atoms with E-state index in [2.05, 4.69) is 20.8 Å². The fourth-order valence-electron chi connectivity index (χ4n) is 2.37. The van der Waals surface area contributed by atoms with Crippen LogP contribution >= 0.6 is 0 Å². The monoisotopic (exact) mass is 338 g/mol. The molecule has 0 radical (unpaired) electrons. The number of anilines is 2. The van der Waals surface area contributed by atoms with Gasteiger partial charge < -0.3 is 10.6 Å². The van der Waals surface area contributed by atoms with Crippen LogP contribution in [0.5, 0.6) is 0 Å². The summed E-state index contributed by atoms with van der Waals surface area (Å²) in [4.78, 5) is 23.7. The first kappa shape index (κ1) is 16.4. The average molecular weight is 338 g/mol. The number of aromatic amines is 1. The Kier molecular flexibility index (Phi) is 4.56. The highest BCUT2D eigenvalue weighted by Crippen LogP contribution is 2.23. The largest absolute Gasteiger partial charge is 0.326 e. The molecule has 126 valence electrons. The predicted molar refractivity (Wildman–Crippen MR) is 92.7 cm³/mol. The lowest BCUT2D eigenvalue weighted by atomic mass is 10.1. The SMILES string of the molecule is CC(=O)Nc1cccc(NC(=O)c2cn[nH]c2-c2ccc(F)cc2)c1. The molecule has 0 unspecified atom stereocenters. The van der Waals surface area contributed by atoms with Crippen molar-refractivity contribution in [3.63, 3.8) is 0 Å². The summed E-state index contributed by atoms with van der Waals surface area (Å²) in [6.45, 7) is 1.41. The Bertz CT molecular complexity index is 919. The van der Waals surface area contributed by atoms with Crippen LogP contribution in [0.1, 0.15) is 17.3 Å². The summed E-state index contributed by atoms with van der Waals surface area (Å²) in [5, 5.41) is 12.1. The van der Waals surface area contributed by atoms with Gasteiger partial charge in [0.1, 0.15) is 5.82 Å². The predicted octanol–water partition coefficient (Wildman–Crippen LogP) is 3.43. The second-order valence-corrected chi connectivity index (χ2v) is 5.38. The summed E-state index contributed by atoms with van der Waals surface area (Å²) in [6.07, 6.45) is 1.41. The van der Waals surface area contributed by atoms with Crippen LogP contribution in [-0.2, 0) is 4.79 Å². The van der Waals surface area contributed by atoms with Crippen molar-refractivity contribution in [3.05, 3.63) is 66.1 Å². The Morgan fingerprint density at radius 1 is 1.04 bits per heavy atom. The number of carbonyl (C=O) groups is 2. The van der Waals surface area contributed by atoms with Crippen LogP contribution in [0.4, 0.5) is 15.8 Å². The smallest absolute Gasteiger partial charge is 0.259 e. The number of carbonyl (C=O) groups excluding carboxylic acids is 2. The van der Waals surface area contributed by atoms with E-state index in [9.17, 15) is 14.0 Å². The Labute approximate surface area is 143 Å². The van der Waals surface area contributed by atoms with Gasteiger partial charge in [-0.2, -0.15) is 5.10 Å². The lowest BCUT2D eigenvalue weighted by Gasteiger charge is -2.08. The minimum Gasteiger partial charge on any atom is -0.326 e. The molecule has 3 aromatic rings. The third-order valence-electron chi connectivity index (χ3n) is 3.46. The van der Waals surface area contributed by atoms with E-state index in [0.717, 1.165) is 0 Å². The minimum absolute atomic E-state index is 0.197. The highest BCUT2D eigenvalue weighted by atomic mass is 19.1. The summed E-state index contributed by atoms with van der Waals surface area (Å²) in [7, 11) is 0. The summed E-state index contributed by atoms with van der Waals surface area (Å²) in [5.74, 6) is -0.922. The van der Waals surface area contributed by atoms with E-state index in [1.54, 1.807) is 36.4 Å². The molecule has 0 atom stereocenters. The summed E-state index contributed by atoms with van der Waals surface area (Å²) >= 11 is 0. The van der Waals surface area contributed by atoms with Crippen LogP contribution in [0.2, 0.25) is 0 Å². The van der Waals surface area contributed by atoms with Crippen molar-refractivity contribution in [2.45, 2.75) is 6.92 Å². The number of rotatable bonds is 4. The van der Waals surface area contributed by atoms with Gasteiger partial charge in [0.25, 0.3) is 5.91 Å². The normalized spacial score (nSPS) is 10.3. The molecule has 0 aliphatic carbocycles. The molecule has 0 aliphatic rings. The van der Waals surface area contributed by atoms with Crippen LogP contribution in [0, 0.1) is 5.82 Å². The highest BCUT2D eigenvalue weighted by molar-refractivity contribution is 6.08. The van der Waals surface area contributed by atoms with Gasteiger partial charge in [-0.1, -0.05) is 6.07 Å². The Hall–Kier alpha value is -3.48. The van der Waals surface area contributed by atoms with Crippen molar-refractivity contribution in [3.8, 4) is 11.3 Å². The number of hydrogen-bond acceptors (Lipinski definition) is 3. The van der Waals surface area contributed by atoms with Gasteiger partial charge in [-0.25, -0.2) is 4.39 Å². The molecule has 0 aliphatic heterocycles. The van der Waals surface area contributed by atoms with E-state index in [0.29, 0.717) is 28.2 Å². The number of halogens is 1. The van der Waals surface area contributed by atoms with Crippen molar-refractivity contribution in [1.29, 1.82) is 0 Å². The molecular weight excluding hydrogens is 323 g/mol. The maximum Gasteiger partial charge on any atom is 0.259 e. The summed E-state index contributed by atoms with van der Waals surface area (Å²) in [6, 6.07) is 12.6. The standard InChI is InChI=1S/C18H15FN4O2/c1-11(24)21-14-3-2-4-15(9-14)22-18(25)16-10-20-23-17(16)12-5-7-13(19)8-6-12/h2-10H,1H3,(H,20,23)(H,21,24)(H,22,25). The van der Waals surface area contributed by atoms with E-state index < -0.39 is 0 Å². The molecule has 3 rings (SSSR count). The van der Waals surface area contributed by atoms with E-state index in [-0.39, 0.29) is 17.6 Å². The van der Waals surface area contributed by atoms with E-state index in [4.69, 9.17) is 0 Å². The number of amides is 2. The molecule has 6 nitrogen and oxygen atoms in total. The molecule has 1 aromatic heterocycles. The van der Waals surface area contributed by atoms with E-state index in [1.807, 2.05) is 0 Å². The third kappa shape index (κ3) is 3.89. The Morgan fingerprint density at radius 3 is 2.40 bits per heavy atom. The zero-order chi connectivity index (χ0) is 17.8. The Morgan fingerprint density at radius 2 is 1.72 bits per heavy atom. The van der Waals surface area contributed by atoms with Gasteiger partial charge in [0, 0.05) is 23.9 Å². The van der Waals surface area contributed by atoms with Crippen molar-refractivity contribution >= 4 is 23.2 Å². The number of hydrogen-bond donors (Lipinski definition) is 3. The van der Waals surface area contributed by atoms with Gasteiger partial charge in [-0.15, -0.1) is 0 Å². The second kappa shape index (κ2) is 6.96. The quantitative estimate of drug-likeness (QED) is 0.681. The maximum atomic E-state index is 13.1. The number of nitrogens with one attached hydrogen (secondary N) is 3. The fourth-order valence-corrected chi connectivity index (χ4v) is 2.37. The first-order valence-electron chi connectivity index (χ1n) is 7.51. The van der Waals surface area contributed by atoms with Crippen LogP contribution in [0.3, 0.4) is 0 Å². The van der Waals surface area contributed by atoms with Gasteiger partial charge in [-0.05, 0) is 42.5 Å². The molecule has 0 bridgehead atoms. The minimum atomic E-state index is -0.368. The van der Waals surface area contributed by atoms with Crippen LogP contribution in [-0.4, -0.2) is 22.0 Å². The molecular formula is C18H15FN4O2. The average Bonchev–Trinajstić information content (AvgIpc) is 3.05. The zero-order valence-corrected chi connectivity index (χ0v) is 13.3. The molecule has 7 heteroatoms. The lowest BCUT2D eigenvalue weighted by Crippen LogP contribution is -2.13. The maximum absolute atomic E-state index is 13.1. The molecule has 3 N–H and O–H groups in total. The van der Waals surface area contributed by atoms with Gasteiger partial charge in [0.05, 0.1) is 17.5 Å². The van der Waals surface area contributed by atoms with Crippen molar-refractivity contribution in [1.82, 2.24) is 10.2 Å². The fraction of sp³-hybridized carbons (Fsp3) is 0.0556. The first-order valence-corrected chi connectivity index (χ1v) is 7.51. The first-order chi connectivity index (χ1) is 12.0. The Balaban J connectivity index is 1.82. The zero-order valence-electron chi connectivity index (χ0n) is 13.3. The van der Waals surface area contributed by atoms with Gasteiger partial charge >= 0.3 is 0 Å². The van der Waals surface area contributed by atoms with Crippen LogP contribution in [0.15, 0.2) is 54.7 Å². The highest BCUT2D eigenvalue weighted by Gasteiger charge is 2.15. The second-order valence-electron chi connectivity index (χ2n) is 5.38. The van der Waals surface area contributed by atoms with Gasteiger partial charge in [0.2, 0.25) is 5.91 Å². The van der Waals surface area contributed by atoms with Gasteiger partial charge in [-0.3, -0.25) is 14.7 Å². The summed E-state index contributed by atoms with van der Waals surface area (Å²) in [5.41, 5.74) is 2.59. The molecule has 0 saturated carbocycles. The van der Waals surface area contributed by atoms with Crippen molar-refractivity contribution in [2.75, 3.05) is 10.6 Å². The summed E-state index contributed by atoms with van der Waals surface area (Å²) < 4.78 is 13.1. The lowest BCUT2D eigenvalue weighted by molar-refractivity contribution is -0.114. The molecule has 0 fully saturated rings. The van der Waals surface area contributed by atoms with Crippen LogP contribution < -0.4 is 10.6 Å². The van der Waals surface area contributed by atoms with Crippen molar-refractivity contribution in [2.24, 2.45) is 0 Å². The number of H-pyrrole nitrogens is 1. The van der Waals surface area contributed by atoms with Crippen molar-refractivity contribution < 1.29 is 14.0 Å². The number of benzene rings is 2. The van der Waals surface area contributed by atoms with E-state index in [1.165, 1.54) is 25.3 Å². The molecule has 25 heavy (non-hydrogen) atoms. The molecule has 0 spiro atoms. The molecule has 2 aromatic carbocycles. The third-order valence-corrected chi connectivity index (χ3v) is 3.46. The molecule has 2 amide bonds. The molecule has 1 heterocycles. The number of aromatic nitrogens is 2.